The van der Waals surface area contributed by atoms with Crippen molar-refractivity contribution in [2.45, 2.75) is 49.3 Å². The fraction of sp³-hybridized carbons (Fsp3) is 0.276. The molecular weight excluding hydrogens is 556 g/mol. The van der Waals surface area contributed by atoms with Gasteiger partial charge in [-0.2, -0.15) is 9.37 Å². The summed E-state index contributed by atoms with van der Waals surface area (Å²) < 4.78 is 68.4. The molecule has 0 aliphatic heterocycles. The maximum absolute atomic E-state index is 15.3. The van der Waals surface area contributed by atoms with Crippen LogP contribution in [0, 0.1) is 18.7 Å². The minimum absolute atomic E-state index is 0.00925. The molecule has 0 aliphatic carbocycles. The van der Waals surface area contributed by atoms with Crippen LogP contribution in [-0.4, -0.2) is 47.9 Å². The highest BCUT2D eigenvalue weighted by Gasteiger charge is 2.33. The van der Waals surface area contributed by atoms with Gasteiger partial charge < -0.3 is 14.6 Å². The van der Waals surface area contributed by atoms with Crippen LogP contribution in [0.3, 0.4) is 0 Å². The molecule has 0 aliphatic rings. The van der Waals surface area contributed by atoms with Gasteiger partial charge in [-0.3, -0.25) is 9.36 Å². The molecule has 1 atom stereocenters. The van der Waals surface area contributed by atoms with E-state index in [1.54, 1.807) is 44.2 Å². The molecule has 216 valence electrons. The quantitative estimate of drug-likeness (QED) is 0.268. The minimum atomic E-state index is -4.78. The lowest BCUT2D eigenvalue weighted by atomic mass is 10.0. The van der Waals surface area contributed by atoms with Crippen LogP contribution in [0.15, 0.2) is 75.2 Å². The van der Waals surface area contributed by atoms with Crippen LogP contribution in [0.4, 0.5) is 8.78 Å². The SMILES string of the molecule is COC[C@@H](c1ccccc1)n1c(COC(C)C)nc(=O)c(S(=O)(=O)c2ccc(-c3ccc(F)nc3C)c(F)c2)c1O. The van der Waals surface area contributed by atoms with Crippen LogP contribution < -0.4 is 5.56 Å². The summed E-state index contributed by atoms with van der Waals surface area (Å²) in [5, 5.41) is 11.4. The van der Waals surface area contributed by atoms with Crippen LogP contribution in [0.2, 0.25) is 0 Å². The lowest BCUT2D eigenvalue weighted by molar-refractivity contribution is 0.0554. The Bertz CT molecular complexity index is 1730. The van der Waals surface area contributed by atoms with E-state index in [2.05, 4.69) is 9.97 Å². The summed E-state index contributed by atoms with van der Waals surface area (Å²) >= 11 is 0. The zero-order chi connectivity index (χ0) is 29.9. The van der Waals surface area contributed by atoms with Crippen molar-refractivity contribution in [3.05, 3.63) is 99.9 Å². The Morgan fingerprint density at radius 3 is 2.29 bits per heavy atom. The molecule has 1 N–H and O–H groups in total. The summed E-state index contributed by atoms with van der Waals surface area (Å²) in [5.74, 6) is -2.60. The van der Waals surface area contributed by atoms with Crippen LogP contribution in [0.5, 0.6) is 5.88 Å². The van der Waals surface area contributed by atoms with Crippen molar-refractivity contribution < 1.29 is 31.8 Å². The first kappa shape index (κ1) is 30.0. The topological polar surface area (TPSA) is 121 Å². The van der Waals surface area contributed by atoms with Gasteiger partial charge in [-0.25, -0.2) is 17.8 Å². The lowest BCUT2D eigenvalue weighted by Gasteiger charge is -2.26. The molecule has 4 aromatic rings. The maximum atomic E-state index is 15.3. The Morgan fingerprint density at radius 2 is 1.68 bits per heavy atom. The number of halogens is 2. The number of methoxy groups -OCH3 is 1. The summed E-state index contributed by atoms with van der Waals surface area (Å²) in [6.07, 6.45) is -0.259. The lowest BCUT2D eigenvalue weighted by Crippen LogP contribution is -2.29. The molecule has 41 heavy (non-hydrogen) atoms. The van der Waals surface area contributed by atoms with Gasteiger partial charge in [0.1, 0.15) is 18.2 Å². The Labute approximate surface area is 236 Å². The molecule has 0 bridgehead atoms. The highest BCUT2D eigenvalue weighted by atomic mass is 32.2. The number of aryl methyl sites for hydroxylation is 1. The second-order valence-electron chi connectivity index (χ2n) is 9.51. The largest absolute Gasteiger partial charge is 0.493 e. The van der Waals surface area contributed by atoms with E-state index < -0.39 is 48.9 Å². The number of sulfone groups is 1. The van der Waals surface area contributed by atoms with E-state index >= 15 is 4.39 Å². The van der Waals surface area contributed by atoms with Crippen molar-refractivity contribution >= 4 is 9.84 Å². The van der Waals surface area contributed by atoms with Gasteiger partial charge in [-0.1, -0.05) is 36.4 Å². The molecule has 0 radical (unpaired) electrons. The molecule has 12 heteroatoms. The van der Waals surface area contributed by atoms with E-state index in [1.807, 2.05) is 0 Å². The number of benzene rings is 2. The zero-order valence-electron chi connectivity index (χ0n) is 22.8. The standard InChI is InChI=1S/C29H29F2N3O6S/c1-17(2)40-16-26-33-28(35)27(29(36)34(26)24(15-39-4)19-8-6-5-7-9-19)41(37,38)20-10-11-22(23(30)14-20)21-12-13-25(31)32-18(21)3/h5-14,17,24,36H,15-16H2,1-4H3/t24-/m0/s1. The van der Waals surface area contributed by atoms with E-state index in [4.69, 9.17) is 9.47 Å². The van der Waals surface area contributed by atoms with E-state index in [-0.39, 0.29) is 42.0 Å². The molecule has 0 spiro atoms. The molecule has 0 saturated carbocycles. The van der Waals surface area contributed by atoms with Crippen LogP contribution in [0.1, 0.15) is 37.0 Å². The smallest absolute Gasteiger partial charge is 0.296 e. The van der Waals surface area contributed by atoms with Gasteiger partial charge in [0.25, 0.3) is 5.56 Å². The average molecular weight is 586 g/mol. The third-order valence-electron chi connectivity index (χ3n) is 6.36. The number of aromatic hydroxyl groups is 1. The predicted molar refractivity (Wildman–Crippen MR) is 146 cm³/mol. The maximum Gasteiger partial charge on any atom is 0.296 e. The second-order valence-corrected chi connectivity index (χ2v) is 11.4. The van der Waals surface area contributed by atoms with Crippen molar-refractivity contribution in [1.82, 2.24) is 14.5 Å². The normalized spacial score (nSPS) is 12.6. The Kier molecular flexibility index (Phi) is 8.95. The summed E-state index contributed by atoms with van der Waals surface area (Å²) in [5.41, 5.74) is -0.136. The van der Waals surface area contributed by atoms with Crippen molar-refractivity contribution in [1.29, 1.82) is 0 Å². The number of nitrogens with zero attached hydrogens (tertiary/aromatic N) is 3. The zero-order valence-corrected chi connectivity index (χ0v) is 23.7. The van der Waals surface area contributed by atoms with Gasteiger partial charge in [0.2, 0.25) is 21.7 Å². The van der Waals surface area contributed by atoms with Crippen molar-refractivity contribution in [2.24, 2.45) is 0 Å². The molecule has 4 rings (SSSR count). The van der Waals surface area contributed by atoms with E-state index in [9.17, 15) is 22.7 Å². The average Bonchev–Trinajstić information content (AvgIpc) is 2.91. The van der Waals surface area contributed by atoms with Gasteiger partial charge in [-0.05, 0) is 50.6 Å². The van der Waals surface area contributed by atoms with E-state index in [1.165, 1.54) is 30.7 Å². The first-order valence-corrected chi connectivity index (χ1v) is 14.1. The fourth-order valence-corrected chi connectivity index (χ4v) is 5.78. The van der Waals surface area contributed by atoms with E-state index in [0.29, 0.717) is 5.56 Å². The van der Waals surface area contributed by atoms with Gasteiger partial charge in [-0.15, -0.1) is 0 Å². The molecule has 0 saturated heterocycles. The van der Waals surface area contributed by atoms with Gasteiger partial charge >= 0.3 is 0 Å². The number of ether oxygens (including phenoxy) is 2. The molecule has 2 aromatic heterocycles. The molecule has 2 aromatic carbocycles. The van der Waals surface area contributed by atoms with Crippen molar-refractivity contribution in [2.75, 3.05) is 13.7 Å². The third-order valence-corrected chi connectivity index (χ3v) is 8.13. The highest BCUT2D eigenvalue weighted by molar-refractivity contribution is 7.91. The molecule has 0 amide bonds. The minimum Gasteiger partial charge on any atom is -0.493 e. The van der Waals surface area contributed by atoms with Crippen molar-refractivity contribution in [3.8, 4) is 17.0 Å². The molecule has 0 fully saturated rings. The Balaban J connectivity index is 1.90. The number of rotatable bonds is 10. The fourth-order valence-electron chi connectivity index (χ4n) is 4.42. The second kappa shape index (κ2) is 12.2. The van der Waals surface area contributed by atoms with E-state index in [0.717, 1.165) is 18.2 Å². The molecular formula is C29H29F2N3O6S. The summed E-state index contributed by atoms with van der Waals surface area (Å²) in [7, 11) is -3.34. The molecule has 9 nitrogen and oxygen atoms in total. The summed E-state index contributed by atoms with van der Waals surface area (Å²) in [6, 6.07) is 13.4. The molecule has 0 unspecified atom stereocenters. The van der Waals surface area contributed by atoms with Gasteiger partial charge in [0.15, 0.2) is 4.90 Å². The van der Waals surface area contributed by atoms with Crippen LogP contribution in [0.25, 0.3) is 11.1 Å². The Hall–Kier alpha value is -4.00. The first-order valence-electron chi connectivity index (χ1n) is 12.6. The van der Waals surface area contributed by atoms with Crippen LogP contribution >= 0.6 is 0 Å². The van der Waals surface area contributed by atoms with Gasteiger partial charge in [0, 0.05) is 23.9 Å². The number of aromatic nitrogens is 3. The van der Waals surface area contributed by atoms with Crippen molar-refractivity contribution in [3.63, 3.8) is 0 Å². The highest BCUT2D eigenvalue weighted by Crippen LogP contribution is 2.34. The van der Waals surface area contributed by atoms with Crippen LogP contribution in [-0.2, 0) is 25.9 Å². The summed E-state index contributed by atoms with van der Waals surface area (Å²) in [4.78, 5) is 19.2. The predicted octanol–water partition coefficient (Wildman–Crippen LogP) is 4.59. The monoisotopic (exact) mass is 585 g/mol. The number of hydrogen-bond donors (Lipinski definition) is 1. The number of pyridine rings is 1. The number of hydrogen-bond acceptors (Lipinski definition) is 8. The Morgan fingerprint density at radius 1 is 1.00 bits per heavy atom. The summed E-state index contributed by atoms with van der Waals surface area (Å²) in [6.45, 7) is 4.81. The molecule has 2 heterocycles. The third kappa shape index (κ3) is 6.19. The first-order chi connectivity index (χ1) is 19.4. The van der Waals surface area contributed by atoms with Gasteiger partial charge in [0.05, 0.1) is 23.6 Å².